The normalized spacial score (nSPS) is 10.2. The molecule has 2 N–H and O–H groups in total. The van der Waals surface area contributed by atoms with E-state index in [0.717, 1.165) is 5.56 Å². The van der Waals surface area contributed by atoms with E-state index in [1.165, 1.54) is 18.5 Å². The van der Waals surface area contributed by atoms with Gasteiger partial charge in [0.1, 0.15) is 12.0 Å². The summed E-state index contributed by atoms with van der Waals surface area (Å²) in [5.41, 5.74) is 1.49. The molecule has 0 bridgehead atoms. The van der Waals surface area contributed by atoms with Crippen LogP contribution in [0.2, 0.25) is 0 Å². The van der Waals surface area contributed by atoms with Crippen molar-refractivity contribution in [2.45, 2.75) is 6.54 Å². The minimum absolute atomic E-state index is 0.0619. The van der Waals surface area contributed by atoms with E-state index in [-0.39, 0.29) is 17.4 Å². The van der Waals surface area contributed by atoms with E-state index < -0.39 is 4.92 Å². The lowest BCUT2D eigenvalue weighted by molar-refractivity contribution is -0.385. The molecule has 8 nitrogen and oxygen atoms in total. The highest BCUT2D eigenvalue weighted by Crippen LogP contribution is 2.15. The molecule has 25 heavy (non-hydrogen) atoms. The molecule has 2 aromatic heterocycles. The first-order valence-electron chi connectivity index (χ1n) is 7.40. The second kappa shape index (κ2) is 7.26. The lowest BCUT2D eigenvalue weighted by Gasteiger charge is -2.08. The number of pyridine rings is 1. The first-order valence-corrected chi connectivity index (χ1v) is 7.40. The molecule has 3 rings (SSSR count). The molecular formula is C17H14N4O4. The maximum atomic E-state index is 12.0. The lowest BCUT2D eigenvalue weighted by Crippen LogP contribution is -2.11. The second-order valence-corrected chi connectivity index (χ2v) is 5.14. The number of aromatic nitrogens is 1. The zero-order valence-corrected chi connectivity index (χ0v) is 13.0. The Labute approximate surface area is 142 Å². The molecular weight excluding hydrogens is 324 g/mol. The zero-order chi connectivity index (χ0) is 17.6. The van der Waals surface area contributed by atoms with Crippen molar-refractivity contribution in [3.05, 3.63) is 82.4 Å². The van der Waals surface area contributed by atoms with E-state index in [0.29, 0.717) is 18.1 Å². The number of carbonyl (C=O) groups excluding carboxylic acids is 1. The summed E-state index contributed by atoms with van der Waals surface area (Å²) in [5, 5.41) is 16.4. The summed E-state index contributed by atoms with van der Waals surface area (Å²) >= 11 is 0. The van der Waals surface area contributed by atoms with Gasteiger partial charge in [0.15, 0.2) is 5.76 Å². The van der Waals surface area contributed by atoms with E-state index in [1.54, 1.807) is 24.3 Å². The third kappa shape index (κ3) is 4.20. The van der Waals surface area contributed by atoms with E-state index in [1.807, 2.05) is 18.2 Å². The number of rotatable bonds is 6. The van der Waals surface area contributed by atoms with Crippen LogP contribution >= 0.6 is 0 Å². The maximum Gasteiger partial charge on any atom is 0.291 e. The summed E-state index contributed by atoms with van der Waals surface area (Å²) < 4.78 is 5.05. The van der Waals surface area contributed by atoms with Gasteiger partial charge in [-0.25, -0.2) is 4.98 Å². The number of furan rings is 1. The van der Waals surface area contributed by atoms with Crippen molar-refractivity contribution in [1.29, 1.82) is 0 Å². The van der Waals surface area contributed by atoms with Gasteiger partial charge in [-0.3, -0.25) is 14.9 Å². The second-order valence-electron chi connectivity index (χ2n) is 5.14. The van der Waals surface area contributed by atoms with Crippen LogP contribution in [0.5, 0.6) is 0 Å². The summed E-state index contributed by atoms with van der Waals surface area (Å²) in [6.45, 7) is 0.454. The molecule has 1 aromatic carbocycles. The monoisotopic (exact) mass is 338 g/mol. The molecule has 126 valence electrons. The van der Waals surface area contributed by atoms with Gasteiger partial charge < -0.3 is 15.1 Å². The highest BCUT2D eigenvalue weighted by molar-refractivity contribution is 6.02. The van der Waals surface area contributed by atoms with Crippen molar-refractivity contribution in [3.8, 4) is 0 Å². The molecule has 2 heterocycles. The molecule has 0 spiro atoms. The average Bonchev–Trinajstić information content (AvgIpc) is 3.15. The lowest BCUT2D eigenvalue weighted by atomic mass is 10.2. The summed E-state index contributed by atoms with van der Waals surface area (Å²) in [7, 11) is 0. The molecule has 0 unspecified atom stereocenters. The maximum absolute atomic E-state index is 12.0. The number of benzene rings is 1. The fourth-order valence-corrected chi connectivity index (χ4v) is 2.15. The molecule has 0 saturated carbocycles. The third-order valence-electron chi connectivity index (χ3n) is 3.36. The molecule has 0 radical (unpaired) electrons. The molecule has 0 fully saturated rings. The Kier molecular flexibility index (Phi) is 4.70. The van der Waals surface area contributed by atoms with Gasteiger partial charge in [-0.05, 0) is 35.9 Å². The van der Waals surface area contributed by atoms with Crippen LogP contribution in [0.15, 0.2) is 65.4 Å². The fourth-order valence-electron chi connectivity index (χ4n) is 2.15. The van der Waals surface area contributed by atoms with Gasteiger partial charge in [-0.1, -0.05) is 12.1 Å². The smallest absolute Gasteiger partial charge is 0.291 e. The van der Waals surface area contributed by atoms with Gasteiger partial charge in [0.05, 0.1) is 11.2 Å². The molecule has 0 aliphatic rings. The van der Waals surface area contributed by atoms with Crippen LogP contribution in [-0.4, -0.2) is 15.8 Å². The summed E-state index contributed by atoms with van der Waals surface area (Å²) in [6.07, 6.45) is 2.63. The number of nitrogens with zero attached hydrogens (tertiary/aromatic N) is 2. The highest BCUT2D eigenvalue weighted by atomic mass is 16.6. The van der Waals surface area contributed by atoms with Gasteiger partial charge in [-0.2, -0.15) is 0 Å². The van der Waals surface area contributed by atoms with E-state index >= 15 is 0 Å². The molecule has 0 saturated heterocycles. The van der Waals surface area contributed by atoms with Crippen LogP contribution in [0.4, 0.5) is 17.2 Å². The summed E-state index contributed by atoms with van der Waals surface area (Å²) in [4.78, 5) is 26.1. The van der Waals surface area contributed by atoms with Gasteiger partial charge in [-0.15, -0.1) is 0 Å². The molecule has 8 heteroatoms. The minimum atomic E-state index is -0.498. The van der Waals surface area contributed by atoms with Crippen molar-refractivity contribution in [3.63, 3.8) is 0 Å². The van der Waals surface area contributed by atoms with Crippen LogP contribution in [-0.2, 0) is 6.54 Å². The average molecular weight is 338 g/mol. The van der Waals surface area contributed by atoms with Crippen LogP contribution in [0.3, 0.4) is 0 Å². The molecule has 1 amide bonds. The quantitative estimate of drug-likeness (QED) is 0.526. The molecule has 0 aliphatic heterocycles. The van der Waals surface area contributed by atoms with Crippen LogP contribution < -0.4 is 10.6 Å². The number of carbonyl (C=O) groups is 1. The SMILES string of the molecule is O=C(Nc1cccc(CNc2ccc([N+](=O)[O-])cn2)c1)c1ccco1. The Morgan fingerprint density at radius 3 is 2.76 bits per heavy atom. The summed E-state index contributed by atoms with van der Waals surface area (Å²) in [5.74, 6) is 0.432. The first-order chi connectivity index (χ1) is 12.1. The number of hydrogen-bond acceptors (Lipinski definition) is 6. The summed E-state index contributed by atoms with van der Waals surface area (Å²) in [6, 6.07) is 13.5. The molecule has 0 atom stereocenters. The van der Waals surface area contributed by atoms with E-state index in [9.17, 15) is 14.9 Å². The molecule has 3 aromatic rings. The zero-order valence-electron chi connectivity index (χ0n) is 13.0. The van der Waals surface area contributed by atoms with Crippen molar-refractivity contribution in [2.75, 3.05) is 10.6 Å². The number of anilines is 2. The predicted octanol–water partition coefficient (Wildman–Crippen LogP) is 3.45. The van der Waals surface area contributed by atoms with Crippen molar-refractivity contribution in [1.82, 2.24) is 4.98 Å². The third-order valence-corrected chi connectivity index (χ3v) is 3.36. The van der Waals surface area contributed by atoms with E-state index in [2.05, 4.69) is 15.6 Å². The van der Waals surface area contributed by atoms with E-state index in [4.69, 9.17) is 4.42 Å². The van der Waals surface area contributed by atoms with Crippen LogP contribution in [0.1, 0.15) is 16.1 Å². The van der Waals surface area contributed by atoms with Crippen LogP contribution in [0, 0.1) is 10.1 Å². The highest BCUT2D eigenvalue weighted by Gasteiger charge is 2.09. The fraction of sp³-hybridized carbons (Fsp3) is 0.0588. The van der Waals surface area contributed by atoms with Gasteiger partial charge in [0.25, 0.3) is 11.6 Å². The standard InChI is InChI=1S/C17H14N4O4/c22-17(15-5-2-8-25-15)20-13-4-1-3-12(9-13)10-18-16-7-6-14(11-19-16)21(23)24/h1-9,11H,10H2,(H,18,19)(H,20,22). The number of nitrogens with one attached hydrogen (secondary N) is 2. The Morgan fingerprint density at radius 1 is 1.20 bits per heavy atom. The van der Waals surface area contributed by atoms with Crippen LogP contribution in [0.25, 0.3) is 0 Å². The number of amides is 1. The topological polar surface area (TPSA) is 110 Å². The Balaban J connectivity index is 1.61. The Hall–Kier alpha value is -3.68. The van der Waals surface area contributed by atoms with Gasteiger partial charge in [0, 0.05) is 18.3 Å². The Morgan fingerprint density at radius 2 is 2.08 bits per heavy atom. The Bertz CT molecular complexity index is 876. The minimum Gasteiger partial charge on any atom is -0.459 e. The van der Waals surface area contributed by atoms with Crippen molar-refractivity contribution < 1.29 is 14.1 Å². The largest absolute Gasteiger partial charge is 0.459 e. The number of nitro groups is 1. The van der Waals surface area contributed by atoms with Crippen molar-refractivity contribution >= 4 is 23.1 Å². The predicted molar refractivity (Wildman–Crippen MR) is 91.3 cm³/mol. The molecule has 0 aliphatic carbocycles. The van der Waals surface area contributed by atoms with Crippen molar-refractivity contribution in [2.24, 2.45) is 0 Å². The number of hydrogen-bond donors (Lipinski definition) is 2. The van der Waals surface area contributed by atoms with Gasteiger partial charge in [0.2, 0.25) is 0 Å². The van der Waals surface area contributed by atoms with Gasteiger partial charge >= 0.3 is 0 Å². The first kappa shape index (κ1) is 16.2.